The average molecular weight is 585 g/mol. The number of benzene rings is 1. The molecule has 1 saturated heterocycles. The van der Waals surface area contributed by atoms with Crippen LogP contribution in [-0.2, 0) is 21.2 Å². The molecule has 3 aromatic rings. The van der Waals surface area contributed by atoms with Gasteiger partial charge in [0.25, 0.3) is 5.91 Å². The fourth-order valence-corrected chi connectivity index (χ4v) is 5.69. The molecule has 0 spiro atoms. The number of rotatable bonds is 9. The van der Waals surface area contributed by atoms with Gasteiger partial charge in [0.15, 0.2) is 16.8 Å². The Balaban J connectivity index is 1.37. The van der Waals surface area contributed by atoms with Gasteiger partial charge in [-0.25, -0.2) is 14.4 Å². The number of hydrogen-bond acceptors (Lipinski definition) is 10. The van der Waals surface area contributed by atoms with Crippen molar-refractivity contribution in [2.24, 2.45) is 0 Å². The van der Waals surface area contributed by atoms with E-state index in [0.717, 1.165) is 11.3 Å². The molecule has 2 aromatic heterocycles. The third-order valence-corrected chi connectivity index (χ3v) is 7.35. The highest BCUT2D eigenvalue weighted by molar-refractivity contribution is 7.13. The quantitative estimate of drug-likeness (QED) is 0.291. The summed E-state index contributed by atoms with van der Waals surface area (Å²) in [6, 6.07) is 6.61. The Labute approximate surface area is 242 Å². The first-order valence-corrected chi connectivity index (χ1v) is 14.2. The SMILES string of the molecule is CC(C)OC(=O)Cc1csc(Nc2nc(Nc3ccc(C(=O)NC4CC(C)(C)N([O])C(C)(C)C4)cc3)ncc2F)n1. The third kappa shape index (κ3) is 7.75. The van der Waals surface area contributed by atoms with E-state index < -0.39 is 22.9 Å². The molecule has 0 bridgehead atoms. The van der Waals surface area contributed by atoms with Crippen molar-refractivity contribution in [1.82, 2.24) is 25.3 Å². The van der Waals surface area contributed by atoms with Gasteiger partial charge in [0.1, 0.15) is 0 Å². The summed E-state index contributed by atoms with van der Waals surface area (Å²) in [5.74, 6) is -1.24. The van der Waals surface area contributed by atoms with Crippen LogP contribution < -0.4 is 16.0 Å². The first-order chi connectivity index (χ1) is 19.2. The second-order valence-electron chi connectivity index (χ2n) is 11.6. The fourth-order valence-electron chi connectivity index (χ4n) is 4.98. The lowest BCUT2D eigenvalue weighted by molar-refractivity contribution is -0.289. The van der Waals surface area contributed by atoms with Crippen LogP contribution in [-0.4, -0.2) is 55.1 Å². The van der Waals surface area contributed by atoms with Crippen molar-refractivity contribution in [3.8, 4) is 0 Å². The molecule has 1 aromatic carbocycles. The van der Waals surface area contributed by atoms with E-state index in [9.17, 15) is 19.2 Å². The van der Waals surface area contributed by atoms with Gasteiger partial charge in [0.2, 0.25) is 5.95 Å². The number of halogens is 1. The van der Waals surface area contributed by atoms with Crippen LogP contribution in [0.25, 0.3) is 0 Å². The second-order valence-corrected chi connectivity index (χ2v) is 12.4. The number of aromatic nitrogens is 3. The van der Waals surface area contributed by atoms with Crippen LogP contribution in [0, 0.1) is 5.82 Å². The summed E-state index contributed by atoms with van der Waals surface area (Å²) in [4.78, 5) is 37.3. The number of amides is 1. The van der Waals surface area contributed by atoms with E-state index in [1.807, 2.05) is 27.7 Å². The molecule has 1 radical (unpaired) electrons. The van der Waals surface area contributed by atoms with E-state index >= 15 is 0 Å². The van der Waals surface area contributed by atoms with Crippen molar-refractivity contribution in [3.05, 3.63) is 52.9 Å². The van der Waals surface area contributed by atoms with Gasteiger partial charge in [0, 0.05) is 33.8 Å². The number of carbonyl (C=O) groups is 2. The monoisotopic (exact) mass is 584 g/mol. The largest absolute Gasteiger partial charge is 0.463 e. The Morgan fingerprint density at radius 2 is 1.76 bits per heavy atom. The van der Waals surface area contributed by atoms with Crippen molar-refractivity contribution in [2.45, 2.75) is 84.0 Å². The molecule has 11 nitrogen and oxygen atoms in total. The number of anilines is 4. The summed E-state index contributed by atoms with van der Waals surface area (Å²) >= 11 is 1.21. The maximum atomic E-state index is 14.4. The van der Waals surface area contributed by atoms with E-state index in [1.54, 1.807) is 43.5 Å². The molecule has 1 aliphatic rings. The number of nitrogens with one attached hydrogen (secondary N) is 3. The van der Waals surface area contributed by atoms with Gasteiger partial charge >= 0.3 is 5.97 Å². The van der Waals surface area contributed by atoms with Crippen LogP contribution in [0.4, 0.5) is 27.0 Å². The van der Waals surface area contributed by atoms with Gasteiger partial charge in [-0.3, -0.25) is 9.59 Å². The maximum absolute atomic E-state index is 14.4. The van der Waals surface area contributed by atoms with E-state index in [4.69, 9.17) is 4.74 Å². The number of nitrogens with zero attached hydrogens (tertiary/aromatic N) is 4. The first kappa shape index (κ1) is 30.3. The fraction of sp³-hybridized carbons (Fsp3) is 0.464. The molecule has 4 rings (SSSR count). The Morgan fingerprint density at radius 3 is 2.39 bits per heavy atom. The summed E-state index contributed by atoms with van der Waals surface area (Å²) in [5, 5.41) is 24.7. The zero-order valence-corrected chi connectivity index (χ0v) is 24.8. The summed E-state index contributed by atoms with van der Waals surface area (Å²) < 4.78 is 19.6. The standard InChI is InChI=1S/C28H35FN7O4S/c1-16(2)40-22(37)11-19-15-41-26(33-19)35-23-21(29)14-30-25(34-23)32-18-9-7-17(8-10-18)24(38)31-20-12-27(3,4)36(39)28(5,6)13-20/h7-10,14-16,20H,11-13H2,1-6H3,(H,31,38)(H2,30,32,33,34,35). The Kier molecular flexibility index (Phi) is 8.90. The number of thiazole rings is 1. The zero-order valence-electron chi connectivity index (χ0n) is 23.9. The molecule has 1 amide bonds. The molecule has 41 heavy (non-hydrogen) atoms. The molecule has 1 aliphatic heterocycles. The number of hydrogen-bond donors (Lipinski definition) is 3. The Hall–Kier alpha value is -3.68. The lowest BCUT2D eigenvalue weighted by atomic mass is 9.79. The van der Waals surface area contributed by atoms with E-state index in [0.29, 0.717) is 34.9 Å². The molecule has 13 heteroatoms. The van der Waals surface area contributed by atoms with Crippen molar-refractivity contribution < 1.29 is 23.9 Å². The van der Waals surface area contributed by atoms with Crippen LogP contribution in [0.3, 0.4) is 0 Å². The molecule has 0 aliphatic carbocycles. The Bertz CT molecular complexity index is 1380. The summed E-state index contributed by atoms with van der Waals surface area (Å²) in [7, 11) is 0. The summed E-state index contributed by atoms with van der Waals surface area (Å²) in [6.07, 6.45) is 1.93. The number of carbonyl (C=O) groups excluding carboxylic acids is 2. The number of ether oxygens (including phenoxy) is 1. The third-order valence-electron chi connectivity index (χ3n) is 6.54. The van der Waals surface area contributed by atoms with Gasteiger partial charge in [-0.15, -0.1) is 21.6 Å². The topological polar surface area (TPSA) is 141 Å². The van der Waals surface area contributed by atoms with E-state index in [-0.39, 0.29) is 36.2 Å². The van der Waals surface area contributed by atoms with E-state index in [2.05, 4.69) is 30.9 Å². The molecule has 1 fully saturated rings. The highest BCUT2D eigenvalue weighted by Crippen LogP contribution is 2.37. The van der Waals surface area contributed by atoms with Crippen molar-refractivity contribution >= 4 is 45.8 Å². The molecule has 0 unspecified atom stereocenters. The molecule has 0 atom stereocenters. The lowest BCUT2D eigenvalue weighted by Crippen LogP contribution is -2.62. The smallest absolute Gasteiger partial charge is 0.312 e. The van der Waals surface area contributed by atoms with Gasteiger partial charge in [-0.05, 0) is 78.6 Å². The van der Waals surface area contributed by atoms with Crippen LogP contribution >= 0.6 is 11.3 Å². The normalized spacial score (nSPS) is 16.8. The van der Waals surface area contributed by atoms with Crippen LogP contribution in [0.15, 0.2) is 35.8 Å². The lowest BCUT2D eigenvalue weighted by Gasteiger charge is -2.50. The highest BCUT2D eigenvalue weighted by Gasteiger charge is 2.46. The maximum Gasteiger partial charge on any atom is 0.312 e. The van der Waals surface area contributed by atoms with Crippen molar-refractivity contribution in [3.63, 3.8) is 0 Å². The number of piperidine rings is 1. The molecular weight excluding hydrogens is 549 g/mol. The minimum absolute atomic E-state index is 0.0127. The molecule has 0 saturated carbocycles. The van der Waals surface area contributed by atoms with Gasteiger partial charge in [0.05, 0.1) is 24.4 Å². The van der Waals surface area contributed by atoms with Crippen LogP contribution in [0.1, 0.15) is 70.4 Å². The minimum atomic E-state index is -0.673. The summed E-state index contributed by atoms with van der Waals surface area (Å²) in [5.41, 5.74) is 0.402. The second kappa shape index (κ2) is 12.0. The van der Waals surface area contributed by atoms with Crippen molar-refractivity contribution in [1.29, 1.82) is 0 Å². The Morgan fingerprint density at radius 1 is 1.10 bits per heavy atom. The van der Waals surface area contributed by atoms with Gasteiger partial charge in [-0.1, -0.05) is 0 Å². The summed E-state index contributed by atoms with van der Waals surface area (Å²) in [6.45, 7) is 11.1. The van der Waals surface area contributed by atoms with E-state index in [1.165, 1.54) is 11.3 Å². The number of esters is 1. The average Bonchev–Trinajstić information content (AvgIpc) is 3.30. The highest BCUT2D eigenvalue weighted by atomic mass is 32.1. The minimum Gasteiger partial charge on any atom is -0.463 e. The van der Waals surface area contributed by atoms with Crippen LogP contribution in [0.5, 0.6) is 0 Å². The van der Waals surface area contributed by atoms with Gasteiger partial charge < -0.3 is 20.7 Å². The molecule has 3 N–H and O–H groups in total. The molecule has 219 valence electrons. The zero-order chi connectivity index (χ0) is 29.9. The number of hydroxylamine groups is 2. The molecule has 3 heterocycles. The van der Waals surface area contributed by atoms with Crippen molar-refractivity contribution in [2.75, 3.05) is 10.6 Å². The van der Waals surface area contributed by atoms with Gasteiger partial charge in [-0.2, -0.15) is 4.98 Å². The predicted molar refractivity (Wildman–Crippen MR) is 153 cm³/mol. The predicted octanol–water partition coefficient (Wildman–Crippen LogP) is 5.15. The van der Waals surface area contributed by atoms with Crippen LogP contribution in [0.2, 0.25) is 0 Å². The first-order valence-electron chi connectivity index (χ1n) is 13.3. The molecular formula is C28H35FN7O4S.